The smallest absolute Gasteiger partial charge is 0.319 e. The van der Waals surface area contributed by atoms with Crippen molar-refractivity contribution in [3.63, 3.8) is 0 Å². The Bertz CT molecular complexity index is 662. The summed E-state index contributed by atoms with van der Waals surface area (Å²) in [5, 5.41) is 5.47. The molecular weight excluding hydrogens is 293 g/mol. The molecule has 2 N–H and O–H groups in total. The Morgan fingerprint density at radius 1 is 1.13 bits per heavy atom. The first-order valence-corrected chi connectivity index (χ1v) is 7.79. The summed E-state index contributed by atoms with van der Waals surface area (Å²) in [5.74, 6) is -0.431. The van der Waals surface area contributed by atoms with E-state index in [-0.39, 0.29) is 17.8 Å². The lowest BCUT2D eigenvalue weighted by Gasteiger charge is -2.17. The maximum absolute atomic E-state index is 13.5. The number of halogens is 1. The van der Waals surface area contributed by atoms with E-state index in [4.69, 9.17) is 0 Å². The molecule has 3 rings (SSSR count). The van der Waals surface area contributed by atoms with Crippen LogP contribution in [0.4, 0.5) is 14.9 Å². The zero-order valence-electron chi connectivity index (χ0n) is 12.8. The molecule has 23 heavy (non-hydrogen) atoms. The van der Waals surface area contributed by atoms with Gasteiger partial charge in [-0.05, 0) is 24.1 Å². The quantitative estimate of drug-likeness (QED) is 0.910. The molecule has 1 saturated heterocycles. The van der Waals surface area contributed by atoms with Gasteiger partial charge in [-0.1, -0.05) is 42.5 Å². The molecule has 1 heterocycles. The number of anilines is 1. The van der Waals surface area contributed by atoms with Crippen LogP contribution in [-0.4, -0.2) is 30.1 Å². The molecule has 0 aliphatic carbocycles. The number of amides is 2. The molecule has 1 aliphatic rings. The van der Waals surface area contributed by atoms with Crippen LogP contribution in [0, 0.1) is 5.82 Å². The summed E-state index contributed by atoms with van der Waals surface area (Å²) in [6, 6.07) is 16.2. The first-order valence-electron chi connectivity index (χ1n) is 7.79. The van der Waals surface area contributed by atoms with Crippen molar-refractivity contribution in [3.8, 4) is 0 Å². The number of nitrogens with one attached hydrogen (secondary N) is 2. The molecule has 1 fully saturated rings. The summed E-state index contributed by atoms with van der Waals surface area (Å²) in [7, 11) is 0. The first-order chi connectivity index (χ1) is 11.2. The number of hydrogen-bond donors (Lipinski definition) is 2. The molecule has 1 aliphatic heterocycles. The van der Waals surface area contributed by atoms with Crippen LogP contribution in [-0.2, 0) is 6.54 Å². The van der Waals surface area contributed by atoms with E-state index < -0.39 is 5.82 Å². The topological polar surface area (TPSA) is 44.4 Å². The van der Waals surface area contributed by atoms with Gasteiger partial charge in [-0.2, -0.15) is 0 Å². The molecule has 2 amide bonds. The number of rotatable bonds is 4. The Labute approximate surface area is 135 Å². The zero-order chi connectivity index (χ0) is 16.1. The monoisotopic (exact) mass is 313 g/mol. The van der Waals surface area contributed by atoms with Crippen molar-refractivity contribution in [3.05, 3.63) is 66.0 Å². The first kappa shape index (κ1) is 15.5. The molecule has 5 heteroatoms. The van der Waals surface area contributed by atoms with E-state index in [1.165, 1.54) is 11.6 Å². The minimum atomic E-state index is -0.431. The number of benzene rings is 2. The molecule has 4 nitrogen and oxygen atoms in total. The van der Waals surface area contributed by atoms with Gasteiger partial charge in [0.1, 0.15) is 5.82 Å². The average molecular weight is 313 g/mol. The summed E-state index contributed by atoms with van der Waals surface area (Å²) in [4.78, 5) is 14.3. The molecule has 0 spiro atoms. The second-order valence-corrected chi connectivity index (χ2v) is 5.78. The Hall–Kier alpha value is -2.40. The van der Waals surface area contributed by atoms with Crippen LogP contribution >= 0.6 is 0 Å². The van der Waals surface area contributed by atoms with Gasteiger partial charge in [0.25, 0.3) is 0 Å². The van der Waals surface area contributed by atoms with Crippen LogP contribution in [0.5, 0.6) is 0 Å². The van der Waals surface area contributed by atoms with E-state index in [0.29, 0.717) is 0 Å². The molecule has 0 unspecified atom stereocenters. The molecule has 0 bridgehead atoms. The third-order valence-corrected chi connectivity index (χ3v) is 3.98. The molecule has 120 valence electrons. The van der Waals surface area contributed by atoms with Crippen molar-refractivity contribution in [2.24, 2.45) is 0 Å². The maximum Gasteiger partial charge on any atom is 0.319 e. The summed E-state index contributed by atoms with van der Waals surface area (Å²) in [5.41, 5.74) is 1.47. The Kier molecular flexibility index (Phi) is 4.88. The molecule has 2 aromatic rings. The largest absolute Gasteiger partial charge is 0.334 e. The normalized spacial score (nSPS) is 17.9. The van der Waals surface area contributed by atoms with Crippen LogP contribution in [0.15, 0.2) is 54.6 Å². The minimum absolute atomic E-state index is 0.0884. The van der Waals surface area contributed by atoms with Crippen molar-refractivity contribution >= 4 is 11.7 Å². The molecule has 1 atom stereocenters. The van der Waals surface area contributed by atoms with Crippen molar-refractivity contribution in [1.82, 2.24) is 10.2 Å². The van der Waals surface area contributed by atoms with E-state index in [9.17, 15) is 9.18 Å². The van der Waals surface area contributed by atoms with E-state index >= 15 is 0 Å². The molecular formula is C18H20FN3O. The number of urea groups is 1. The molecule has 0 radical (unpaired) electrons. The second-order valence-electron chi connectivity index (χ2n) is 5.78. The van der Waals surface area contributed by atoms with Gasteiger partial charge in [0, 0.05) is 25.7 Å². The number of likely N-dealkylation sites (tertiary alicyclic amines) is 1. The van der Waals surface area contributed by atoms with Gasteiger partial charge >= 0.3 is 6.03 Å². The summed E-state index contributed by atoms with van der Waals surface area (Å²) in [6.45, 7) is 2.63. The summed E-state index contributed by atoms with van der Waals surface area (Å²) < 4.78 is 13.5. The molecule has 0 aromatic heterocycles. The van der Waals surface area contributed by atoms with Crippen LogP contribution in [0.3, 0.4) is 0 Å². The number of nitrogens with zero attached hydrogens (tertiary/aromatic N) is 1. The zero-order valence-corrected chi connectivity index (χ0v) is 12.8. The fraction of sp³-hybridized carbons (Fsp3) is 0.278. The predicted molar refractivity (Wildman–Crippen MR) is 88.7 cm³/mol. The van der Waals surface area contributed by atoms with Gasteiger partial charge in [-0.3, -0.25) is 4.90 Å². The lowest BCUT2D eigenvalue weighted by atomic mass is 10.2. The van der Waals surface area contributed by atoms with Crippen molar-refractivity contribution < 1.29 is 9.18 Å². The Morgan fingerprint density at radius 3 is 2.65 bits per heavy atom. The van der Waals surface area contributed by atoms with Gasteiger partial charge in [-0.25, -0.2) is 9.18 Å². The van der Waals surface area contributed by atoms with E-state index in [0.717, 1.165) is 26.1 Å². The van der Waals surface area contributed by atoms with Gasteiger partial charge in [-0.15, -0.1) is 0 Å². The average Bonchev–Trinajstić information content (AvgIpc) is 2.97. The number of hydrogen-bond acceptors (Lipinski definition) is 2. The number of carbonyl (C=O) groups is 1. The van der Waals surface area contributed by atoms with Crippen LogP contribution in [0.2, 0.25) is 0 Å². The van der Waals surface area contributed by atoms with E-state index in [2.05, 4.69) is 27.7 Å². The Balaban J connectivity index is 1.48. The highest BCUT2D eigenvalue weighted by molar-refractivity contribution is 5.89. The van der Waals surface area contributed by atoms with Crippen LogP contribution < -0.4 is 10.6 Å². The van der Waals surface area contributed by atoms with Crippen molar-refractivity contribution in [2.45, 2.75) is 19.0 Å². The van der Waals surface area contributed by atoms with Gasteiger partial charge in [0.05, 0.1) is 5.69 Å². The molecule has 0 saturated carbocycles. The van der Waals surface area contributed by atoms with E-state index in [1.54, 1.807) is 18.2 Å². The number of para-hydroxylation sites is 1. The lowest BCUT2D eigenvalue weighted by molar-refractivity contribution is 0.247. The fourth-order valence-electron chi connectivity index (χ4n) is 2.84. The van der Waals surface area contributed by atoms with Gasteiger partial charge in [0.15, 0.2) is 0 Å². The fourth-order valence-corrected chi connectivity index (χ4v) is 2.84. The van der Waals surface area contributed by atoms with Gasteiger partial charge in [0.2, 0.25) is 0 Å². The maximum atomic E-state index is 13.5. The summed E-state index contributed by atoms with van der Waals surface area (Å²) in [6.07, 6.45) is 0.900. The standard InChI is InChI=1S/C18H20FN3O/c19-16-8-4-5-9-17(16)21-18(23)20-15-10-11-22(13-15)12-14-6-2-1-3-7-14/h1-9,15H,10-13H2,(H2,20,21,23)/t15-/m1/s1. The minimum Gasteiger partial charge on any atom is -0.334 e. The number of carbonyl (C=O) groups excluding carboxylic acids is 1. The molecule has 2 aromatic carbocycles. The SMILES string of the molecule is O=C(Nc1ccccc1F)N[C@@H]1CCN(Cc2ccccc2)C1. The van der Waals surface area contributed by atoms with Crippen LogP contribution in [0.1, 0.15) is 12.0 Å². The van der Waals surface area contributed by atoms with Crippen molar-refractivity contribution in [2.75, 3.05) is 18.4 Å². The van der Waals surface area contributed by atoms with E-state index in [1.807, 2.05) is 18.2 Å². The third kappa shape index (κ3) is 4.29. The third-order valence-electron chi connectivity index (χ3n) is 3.98. The highest BCUT2D eigenvalue weighted by Crippen LogP contribution is 2.15. The second kappa shape index (κ2) is 7.24. The van der Waals surface area contributed by atoms with Crippen LogP contribution in [0.25, 0.3) is 0 Å². The highest BCUT2D eigenvalue weighted by atomic mass is 19.1. The van der Waals surface area contributed by atoms with Crippen molar-refractivity contribution in [1.29, 1.82) is 0 Å². The lowest BCUT2D eigenvalue weighted by Crippen LogP contribution is -2.39. The van der Waals surface area contributed by atoms with Gasteiger partial charge < -0.3 is 10.6 Å². The predicted octanol–water partition coefficient (Wildman–Crippen LogP) is 3.22. The highest BCUT2D eigenvalue weighted by Gasteiger charge is 2.23. The Morgan fingerprint density at radius 2 is 1.87 bits per heavy atom. The summed E-state index contributed by atoms with van der Waals surface area (Å²) >= 11 is 0.